The molecule has 0 spiro atoms. The third-order valence-corrected chi connectivity index (χ3v) is 8.84. The minimum atomic E-state index is -3.78. The number of methoxy groups -OCH3 is 1. The van der Waals surface area contributed by atoms with Crippen molar-refractivity contribution in [1.29, 1.82) is 0 Å². The van der Waals surface area contributed by atoms with Gasteiger partial charge in [0.05, 0.1) is 36.5 Å². The van der Waals surface area contributed by atoms with E-state index < -0.39 is 28.5 Å². The molecule has 1 aromatic carbocycles. The Morgan fingerprint density at radius 3 is 2.53 bits per heavy atom. The van der Waals surface area contributed by atoms with Crippen LogP contribution in [-0.2, 0) is 29.1 Å². The van der Waals surface area contributed by atoms with Crippen LogP contribution in [-0.4, -0.2) is 64.6 Å². The molecule has 0 bridgehead atoms. The molecule has 1 fully saturated rings. The lowest BCUT2D eigenvalue weighted by Crippen LogP contribution is -2.40. The Kier molecular flexibility index (Phi) is 8.54. The monoisotopic (exact) mass is 548 g/mol. The van der Waals surface area contributed by atoms with Crippen molar-refractivity contribution in [3.8, 4) is 5.75 Å². The molecule has 0 unspecified atom stereocenters. The average molecular weight is 549 g/mol. The molecule has 0 saturated carbocycles. The van der Waals surface area contributed by atoms with Crippen molar-refractivity contribution in [2.75, 3.05) is 45.3 Å². The topological polar surface area (TPSA) is 111 Å². The summed E-state index contributed by atoms with van der Waals surface area (Å²) in [6.45, 7) is 0.572. The average Bonchev–Trinajstić information content (AvgIpc) is 3.61. The summed E-state index contributed by atoms with van der Waals surface area (Å²) in [5, 5.41) is 6.34. The summed E-state index contributed by atoms with van der Waals surface area (Å²) in [7, 11) is -2.37. The van der Waals surface area contributed by atoms with Crippen molar-refractivity contribution < 1.29 is 32.2 Å². The van der Waals surface area contributed by atoms with Gasteiger partial charge in [0.2, 0.25) is 10.0 Å². The number of morpholine rings is 1. The second-order valence-electron chi connectivity index (χ2n) is 7.55. The zero-order valence-corrected chi connectivity index (χ0v) is 21.8. The summed E-state index contributed by atoms with van der Waals surface area (Å²) < 4.78 is 43.1. The van der Waals surface area contributed by atoms with E-state index in [1.54, 1.807) is 12.1 Å². The molecule has 12 heteroatoms. The molecule has 1 aliphatic rings. The SMILES string of the molecule is COc1ccc(S(=O)(=O)N2CCOCC2)cc1NC(=O)COC(=O)C(=Cc1cccs1)c1cccs1. The molecule has 1 saturated heterocycles. The first kappa shape index (κ1) is 26.0. The van der Waals surface area contributed by atoms with Gasteiger partial charge in [-0.2, -0.15) is 4.31 Å². The Balaban J connectivity index is 1.46. The van der Waals surface area contributed by atoms with Gasteiger partial charge in [0.25, 0.3) is 5.91 Å². The minimum Gasteiger partial charge on any atom is -0.495 e. The van der Waals surface area contributed by atoms with E-state index in [1.165, 1.54) is 52.3 Å². The van der Waals surface area contributed by atoms with Crippen LogP contribution in [0.4, 0.5) is 5.69 Å². The fourth-order valence-corrected chi connectivity index (χ4v) is 6.28. The van der Waals surface area contributed by atoms with Gasteiger partial charge in [0.15, 0.2) is 6.61 Å². The van der Waals surface area contributed by atoms with Crippen molar-refractivity contribution in [1.82, 2.24) is 4.31 Å². The molecule has 3 aromatic rings. The van der Waals surface area contributed by atoms with Crippen molar-refractivity contribution >= 4 is 61.9 Å². The van der Waals surface area contributed by atoms with Gasteiger partial charge in [-0.3, -0.25) is 4.79 Å². The Morgan fingerprint density at radius 2 is 1.86 bits per heavy atom. The Hall–Kier alpha value is -3.03. The minimum absolute atomic E-state index is 0.0105. The predicted molar refractivity (Wildman–Crippen MR) is 139 cm³/mol. The van der Waals surface area contributed by atoms with Gasteiger partial charge >= 0.3 is 5.97 Å². The highest BCUT2D eigenvalue weighted by atomic mass is 32.2. The highest BCUT2D eigenvalue weighted by Gasteiger charge is 2.27. The van der Waals surface area contributed by atoms with Crippen molar-refractivity contribution in [2.24, 2.45) is 0 Å². The van der Waals surface area contributed by atoms with Gasteiger partial charge in [-0.1, -0.05) is 12.1 Å². The quantitative estimate of drug-likeness (QED) is 0.322. The zero-order valence-electron chi connectivity index (χ0n) is 19.3. The number of carbonyl (C=O) groups excluding carboxylic acids is 2. The number of thiophene rings is 2. The van der Waals surface area contributed by atoms with E-state index in [0.717, 1.165) is 9.75 Å². The van der Waals surface area contributed by atoms with Crippen LogP contribution in [0.5, 0.6) is 5.75 Å². The summed E-state index contributed by atoms with van der Waals surface area (Å²) >= 11 is 2.87. The number of rotatable bonds is 9. The van der Waals surface area contributed by atoms with Gasteiger partial charge < -0.3 is 19.5 Å². The molecule has 9 nitrogen and oxygen atoms in total. The number of sulfonamides is 1. The maximum atomic E-state index is 13.0. The standard InChI is InChI=1S/C24H24N2O7S3/c1-31-21-7-6-18(36(29,30)26-8-10-32-11-9-26)15-20(21)25-23(27)16-33-24(28)19(22-5-3-13-35-22)14-17-4-2-12-34-17/h2-7,12-15H,8-11,16H2,1H3,(H,25,27). The number of nitrogens with one attached hydrogen (secondary N) is 1. The molecular formula is C24H24N2O7S3. The lowest BCUT2D eigenvalue weighted by atomic mass is 10.2. The summed E-state index contributed by atoms with van der Waals surface area (Å²) in [5.41, 5.74) is 0.497. The number of esters is 1. The predicted octanol–water partition coefficient (Wildman–Crippen LogP) is 3.56. The third kappa shape index (κ3) is 6.20. The highest BCUT2D eigenvalue weighted by Crippen LogP contribution is 2.30. The van der Waals surface area contributed by atoms with Crippen LogP contribution in [0.25, 0.3) is 11.6 Å². The molecule has 1 amide bonds. The van der Waals surface area contributed by atoms with Gasteiger partial charge in [0, 0.05) is 22.8 Å². The molecular weight excluding hydrogens is 524 g/mol. The summed E-state index contributed by atoms with van der Waals surface area (Å²) in [6.07, 6.45) is 1.72. The maximum absolute atomic E-state index is 13.0. The van der Waals surface area contributed by atoms with E-state index in [0.29, 0.717) is 18.8 Å². The number of hydrogen-bond donors (Lipinski definition) is 1. The fraction of sp³-hybridized carbons (Fsp3) is 0.250. The van der Waals surface area contributed by atoms with Crippen LogP contribution in [0.2, 0.25) is 0 Å². The van der Waals surface area contributed by atoms with Crippen LogP contribution in [0, 0.1) is 0 Å². The summed E-state index contributed by atoms with van der Waals surface area (Å²) in [5.74, 6) is -1.01. The zero-order chi connectivity index (χ0) is 25.5. The molecule has 4 rings (SSSR count). The molecule has 190 valence electrons. The van der Waals surface area contributed by atoms with E-state index in [1.807, 2.05) is 29.0 Å². The third-order valence-electron chi connectivity index (χ3n) is 5.22. The first-order valence-corrected chi connectivity index (χ1v) is 14.1. The second-order valence-corrected chi connectivity index (χ2v) is 11.4. The van der Waals surface area contributed by atoms with Crippen molar-refractivity contribution in [3.63, 3.8) is 0 Å². The second kappa shape index (κ2) is 11.8. The lowest BCUT2D eigenvalue weighted by Gasteiger charge is -2.26. The Labute approximate surface area is 217 Å². The van der Waals surface area contributed by atoms with Gasteiger partial charge in [0.1, 0.15) is 5.75 Å². The van der Waals surface area contributed by atoms with Crippen LogP contribution in [0.1, 0.15) is 9.75 Å². The largest absolute Gasteiger partial charge is 0.495 e. The first-order chi connectivity index (χ1) is 17.4. The number of hydrogen-bond acceptors (Lipinski definition) is 9. The van der Waals surface area contributed by atoms with Crippen molar-refractivity contribution in [3.05, 3.63) is 63.0 Å². The fourth-order valence-electron chi connectivity index (χ4n) is 3.45. The van der Waals surface area contributed by atoms with Crippen LogP contribution >= 0.6 is 22.7 Å². The van der Waals surface area contributed by atoms with Gasteiger partial charge in [-0.15, -0.1) is 22.7 Å². The van der Waals surface area contributed by atoms with E-state index in [4.69, 9.17) is 14.2 Å². The van der Waals surface area contributed by atoms with Gasteiger partial charge in [-0.25, -0.2) is 13.2 Å². The molecule has 0 aliphatic carbocycles. The normalized spacial score (nSPS) is 14.9. The molecule has 2 aromatic heterocycles. The van der Waals surface area contributed by atoms with Gasteiger partial charge in [-0.05, 0) is 47.2 Å². The number of amides is 1. The molecule has 1 N–H and O–H groups in total. The maximum Gasteiger partial charge on any atom is 0.340 e. The summed E-state index contributed by atoms with van der Waals surface area (Å²) in [6, 6.07) is 11.6. The smallest absolute Gasteiger partial charge is 0.340 e. The number of benzene rings is 1. The first-order valence-electron chi connectivity index (χ1n) is 10.9. The molecule has 3 heterocycles. The molecule has 36 heavy (non-hydrogen) atoms. The van der Waals surface area contributed by atoms with E-state index in [-0.39, 0.29) is 29.4 Å². The highest BCUT2D eigenvalue weighted by molar-refractivity contribution is 7.89. The molecule has 1 aliphatic heterocycles. The number of nitrogens with zero attached hydrogens (tertiary/aromatic N) is 1. The number of carbonyl (C=O) groups is 2. The van der Waals surface area contributed by atoms with Crippen LogP contribution < -0.4 is 10.1 Å². The summed E-state index contributed by atoms with van der Waals surface area (Å²) in [4.78, 5) is 27.1. The number of anilines is 1. The Bertz CT molecular complexity index is 1330. The lowest BCUT2D eigenvalue weighted by molar-refractivity contribution is -0.141. The van der Waals surface area contributed by atoms with E-state index in [9.17, 15) is 18.0 Å². The van der Waals surface area contributed by atoms with Crippen LogP contribution in [0.3, 0.4) is 0 Å². The Morgan fingerprint density at radius 1 is 1.11 bits per heavy atom. The van der Waals surface area contributed by atoms with Crippen molar-refractivity contribution in [2.45, 2.75) is 4.90 Å². The number of ether oxygens (including phenoxy) is 3. The van der Waals surface area contributed by atoms with E-state index in [2.05, 4.69) is 5.32 Å². The van der Waals surface area contributed by atoms with Crippen LogP contribution in [0.15, 0.2) is 58.1 Å². The molecule has 0 radical (unpaired) electrons. The molecule has 0 atom stereocenters. The van der Waals surface area contributed by atoms with E-state index >= 15 is 0 Å².